The second-order valence-electron chi connectivity index (χ2n) is 5.49. The van der Waals surface area contributed by atoms with Gasteiger partial charge in [0.1, 0.15) is 11.9 Å². The zero-order valence-electron chi connectivity index (χ0n) is 10.7. The van der Waals surface area contributed by atoms with E-state index in [0.717, 1.165) is 5.69 Å². The monoisotopic (exact) mass is 248 g/mol. The van der Waals surface area contributed by atoms with Crippen LogP contribution in [0.4, 0.5) is 10.1 Å². The third kappa shape index (κ3) is 2.32. The lowest BCUT2D eigenvalue weighted by molar-refractivity contribution is 0.0336. The summed E-state index contributed by atoms with van der Waals surface area (Å²) in [5.41, 5.74) is 0.629. The van der Waals surface area contributed by atoms with Gasteiger partial charge in [-0.1, -0.05) is 13.8 Å². The fourth-order valence-electron chi connectivity index (χ4n) is 2.36. The fourth-order valence-corrected chi connectivity index (χ4v) is 2.36. The number of anilines is 1. The Balaban J connectivity index is 2.23. The van der Waals surface area contributed by atoms with Crippen molar-refractivity contribution in [2.45, 2.75) is 26.4 Å². The molecular formula is C14H17FN2O. The van der Waals surface area contributed by atoms with E-state index in [1.807, 2.05) is 19.9 Å². The molecule has 1 fully saturated rings. The summed E-state index contributed by atoms with van der Waals surface area (Å²) < 4.78 is 13.6. The maximum atomic E-state index is 13.6. The number of nitriles is 1. The van der Waals surface area contributed by atoms with Gasteiger partial charge in [0, 0.05) is 24.2 Å². The highest BCUT2D eigenvalue weighted by molar-refractivity contribution is 5.51. The standard InChI is InChI=1S/C14H17FN2O/c1-14(2)9-17(6-5-13(14)18)11-4-3-10(8-16)12(15)7-11/h3-4,7,13,18H,5-6,9H2,1-2H3. The summed E-state index contributed by atoms with van der Waals surface area (Å²) in [7, 11) is 0. The topological polar surface area (TPSA) is 47.3 Å². The normalized spacial score (nSPS) is 22.6. The van der Waals surface area contributed by atoms with E-state index in [2.05, 4.69) is 4.90 Å². The smallest absolute Gasteiger partial charge is 0.143 e. The van der Waals surface area contributed by atoms with E-state index in [0.29, 0.717) is 19.5 Å². The number of rotatable bonds is 1. The largest absolute Gasteiger partial charge is 0.392 e. The van der Waals surface area contributed by atoms with Crippen LogP contribution >= 0.6 is 0 Å². The molecule has 0 aromatic heterocycles. The molecule has 1 N–H and O–H groups in total. The van der Waals surface area contributed by atoms with Crippen LogP contribution < -0.4 is 4.90 Å². The number of nitrogens with zero attached hydrogens (tertiary/aromatic N) is 2. The Hall–Kier alpha value is -1.60. The van der Waals surface area contributed by atoms with E-state index in [4.69, 9.17) is 5.26 Å². The molecule has 1 aromatic carbocycles. The molecule has 1 atom stereocenters. The number of aliphatic hydroxyl groups is 1. The van der Waals surface area contributed by atoms with Gasteiger partial charge < -0.3 is 10.0 Å². The summed E-state index contributed by atoms with van der Waals surface area (Å²) >= 11 is 0. The molecule has 1 aliphatic heterocycles. The highest BCUT2D eigenvalue weighted by Gasteiger charge is 2.34. The number of aliphatic hydroxyl groups excluding tert-OH is 1. The lowest BCUT2D eigenvalue weighted by atomic mass is 9.81. The molecule has 1 saturated heterocycles. The molecule has 96 valence electrons. The number of hydrogen-bond acceptors (Lipinski definition) is 3. The minimum Gasteiger partial charge on any atom is -0.392 e. The van der Waals surface area contributed by atoms with Crippen molar-refractivity contribution in [1.29, 1.82) is 5.26 Å². The van der Waals surface area contributed by atoms with E-state index < -0.39 is 5.82 Å². The molecular weight excluding hydrogens is 231 g/mol. The zero-order valence-corrected chi connectivity index (χ0v) is 10.7. The fraction of sp³-hybridized carbons (Fsp3) is 0.500. The van der Waals surface area contributed by atoms with Crippen LogP contribution in [-0.2, 0) is 0 Å². The van der Waals surface area contributed by atoms with Crippen molar-refractivity contribution < 1.29 is 9.50 Å². The molecule has 1 heterocycles. The average molecular weight is 248 g/mol. The van der Waals surface area contributed by atoms with Gasteiger partial charge in [-0.2, -0.15) is 5.26 Å². The highest BCUT2D eigenvalue weighted by atomic mass is 19.1. The Morgan fingerprint density at radius 1 is 1.50 bits per heavy atom. The van der Waals surface area contributed by atoms with Gasteiger partial charge in [0.25, 0.3) is 0 Å². The molecule has 1 aromatic rings. The highest BCUT2D eigenvalue weighted by Crippen LogP contribution is 2.32. The zero-order chi connectivity index (χ0) is 13.3. The maximum Gasteiger partial charge on any atom is 0.143 e. The van der Waals surface area contributed by atoms with Crippen LogP contribution in [0.2, 0.25) is 0 Å². The summed E-state index contributed by atoms with van der Waals surface area (Å²) in [6.07, 6.45) is 0.353. The molecule has 0 saturated carbocycles. The number of halogens is 1. The maximum absolute atomic E-state index is 13.6. The second-order valence-corrected chi connectivity index (χ2v) is 5.49. The Bertz CT molecular complexity index is 493. The average Bonchev–Trinajstić information content (AvgIpc) is 2.32. The van der Waals surface area contributed by atoms with Crippen LogP contribution in [0.5, 0.6) is 0 Å². The van der Waals surface area contributed by atoms with Crippen molar-refractivity contribution in [1.82, 2.24) is 0 Å². The van der Waals surface area contributed by atoms with Crippen molar-refractivity contribution in [2.75, 3.05) is 18.0 Å². The van der Waals surface area contributed by atoms with E-state index in [1.54, 1.807) is 6.07 Å². The molecule has 18 heavy (non-hydrogen) atoms. The Labute approximate surface area is 106 Å². The van der Waals surface area contributed by atoms with Gasteiger partial charge in [0.05, 0.1) is 11.7 Å². The van der Waals surface area contributed by atoms with E-state index in [-0.39, 0.29) is 17.1 Å². The first-order chi connectivity index (χ1) is 8.44. The molecule has 0 amide bonds. The first-order valence-electron chi connectivity index (χ1n) is 6.07. The molecule has 1 unspecified atom stereocenters. The summed E-state index contributed by atoms with van der Waals surface area (Å²) in [6, 6.07) is 6.47. The van der Waals surface area contributed by atoms with Crippen LogP contribution in [-0.4, -0.2) is 24.3 Å². The third-order valence-corrected chi connectivity index (χ3v) is 3.61. The van der Waals surface area contributed by atoms with Crippen molar-refractivity contribution in [2.24, 2.45) is 5.41 Å². The quantitative estimate of drug-likeness (QED) is 0.829. The molecule has 4 heteroatoms. The minimum atomic E-state index is -0.487. The van der Waals surface area contributed by atoms with Crippen LogP contribution in [0, 0.1) is 22.6 Å². The molecule has 0 radical (unpaired) electrons. The van der Waals surface area contributed by atoms with Crippen LogP contribution in [0.3, 0.4) is 0 Å². The van der Waals surface area contributed by atoms with E-state index in [1.165, 1.54) is 12.1 Å². The van der Waals surface area contributed by atoms with Crippen LogP contribution in [0.15, 0.2) is 18.2 Å². The van der Waals surface area contributed by atoms with Gasteiger partial charge in [-0.05, 0) is 24.6 Å². The lowest BCUT2D eigenvalue weighted by Gasteiger charge is -2.43. The first kappa shape index (κ1) is 12.8. The predicted octanol–water partition coefficient (Wildman–Crippen LogP) is 2.29. The van der Waals surface area contributed by atoms with Crippen molar-refractivity contribution in [3.05, 3.63) is 29.6 Å². The Morgan fingerprint density at radius 2 is 2.22 bits per heavy atom. The lowest BCUT2D eigenvalue weighted by Crippen LogP contribution is -2.48. The Morgan fingerprint density at radius 3 is 2.78 bits per heavy atom. The minimum absolute atomic E-state index is 0.0649. The number of piperidine rings is 1. The van der Waals surface area contributed by atoms with E-state index in [9.17, 15) is 9.50 Å². The predicted molar refractivity (Wildman–Crippen MR) is 67.7 cm³/mol. The van der Waals surface area contributed by atoms with Crippen LogP contribution in [0.25, 0.3) is 0 Å². The molecule has 1 aliphatic rings. The van der Waals surface area contributed by atoms with Gasteiger partial charge in [0.2, 0.25) is 0 Å². The SMILES string of the molecule is CC1(C)CN(c2ccc(C#N)c(F)c2)CCC1O. The van der Waals surface area contributed by atoms with Gasteiger partial charge >= 0.3 is 0 Å². The summed E-state index contributed by atoms with van der Waals surface area (Å²) in [5.74, 6) is -0.487. The number of benzene rings is 1. The van der Waals surface area contributed by atoms with Crippen molar-refractivity contribution in [3.63, 3.8) is 0 Å². The summed E-state index contributed by atoms with van der Waals surface area (Å²) in [6.45, 7) is 5.39. The molecule has 0 aliphatic carbocycles. The summed E-state index contributed by atoms with van der Waals surface area (Å²) in [4.78, 5) is 2.05. The van der Waals surface area contributed by atoms with Gasteiger partial charge in [-0.3, -0.25) is 0 Å². The number of hydrogen-bond donors (Lipinski definition) is 1. The molecule has 0 spiro atoms. The van der Waals surface area contributed by atoms with E-state index >= 15 is 0 Å². The van der Waals surface area contributed by atoms with Crippen LogP contribution in [0.1, 0.15) is 25.8 Å². The second kappa shape index (κ2) is 4.58. The third-order valence-electron chi connectivity index (χ3n) is 3.61. The molecule has 3 nitrogen and oxygen atoms in total. The summed E-state index contributed by atoms with van der Waals surface area (Å²) in [5, 5.41) is 18.6. The Kier molecular flexibility index (Phi) is 3.27. The van der Waals surface area contributed by atoms with Gasteiger partial charge in [-0.25, -0.2) is 4.39 Å². The molecule has 2 rings (SSSR count). The van der Waals surface area contributed by atoms with Gasteiger partial charge in [0.15, 0.2) is 0 Å². The van der Waals surface area contributed by atoms with Crippen molar-refractivity contribution in [3.8, 4) is 6.07 Å². The molecule has 0 bridgehead atoms. The van der Waals surface area contributed by atoms with Crippen molar-refractivity contribution >= 4 is 5.69 Å². The van der Waals surface area contributed by atoms with Gasteiger partial charge in [-0.15, -0.1) is 0 Å². The first-order valence-corrected chi connectivity index (χ1v) is 6.07.